The number of carboxylic acid groups (broad SMARTS) is 1. The molecule has 0 saturated carbocycles. The Morgan fingerprint density at radius 3 is 1.90 bits per heavy atom. The topological polar surface area (TPSA) is 93.1 Å². The number of halogens is 1. The molecular weight excluding hydrogens is 598 g/mol. The van der Waals surface area contributed by atoms with Crippen molar-refractivity contribution in [1.29, 1.82) is 0 Å². The first-order chi connectivity index (χ1) is 19.8. The van der Waals surface area contributed by atoms with Gasteiger partial charge in [0, 0.05) is 18.7 Å². The molecule has 0 aromatic rings. The van der Waals surface area contributed by atoms with Gasteiger partial charge in [0.25, 0.3) is 0 Å². The minimum absolute atomic E-state index is 0. The monoisotopic (exact) mass is 655 g/mol. The van der Waals surface area contributed by atoms with E-state index in [9.17, 15) is 19.5 Å². The Labute approximate surface area is 265 Å². The van der Waals surface area contributed by atoms with E-state index < -0.39 is 23.8 Å². The Hall–Kier alpha value is -2.09. The van der Waals surface area contributed by atoms with Crippen LogP contribution < -0.4 is 0 Å². The Morgan fingerprint density at radius 1 is 0.881 bits per heavy atom. The predicted octanol–water partition coefficient (Wildman–Crippen LogP) is 8.73. The van der Waals surface area contributed by atoms with Crippen LogP contribution in [0.2, 0.25) is 0 Å². The van der Waals surface area contributed by atoms with Crippen LogP contribution >= 0.6 is 17.0 Å². The lowest BCUT2D eigenvalue weighted by Gasteiger charge is -2.28. The van der Waals surface area contributed by atoms with Gasteiger partial charge in [-0.15, -0.1) is 17.0 Å². The first-order valence-corrected chi connectivity index (χ1v) is 16.2. The molecule has 0 bridgehead atoms. The molecule has 0 aliphatic carbocycles. The smallest absolute Gasteiger partial charge is 0.333 e. The number of unbranched alkanes of at least 4 members (excludes halogenated alkanes) is 15. The van der Waals surface area contributed by atoms with Crippen LogP contribution in [-0.4, -0.2) is 54.2 Å². The van der Waals surface area contributed by atoms with Crippen LogP contribution in [0.1, 0.15) is 129 Å². The fraction of sp³-hybridized carbons (Fsp3) is 0.735. The van der Waals surface area contributed by atoms with Gasteiger partial charge in [-0.25, -0.2) is 4.79 Å². The Kier molecular flexibility index (Phi) is 25.2. The lowest BCUT2D eigenvalue weighted by Crippen LogP contribution is -2.30. The van der Waals surface area contributed by atoms with Gasteiger partial charge in [0.05, 0.1) is 24.6 Å². The normalized spacial score (nSPS) is 13.2. The van der Waals surface area contributed by atoms with Crippen molar-refractivity contribution in [1.82, 2.24) is 4.90 Å². The summed E-state index contributed by atoms with van der Waals surface area (Å²) >= 11 is 0. The zero-order valence-corrected chi connectivity index (χ0v) is 28.1. The fourth-order valence-electron chi connectivity index (χ4n) is 4.96. The number of hydrogen-bond acceptors (Lipinski definition) is 6. The molecule has 1 rings (SSSR count). The molecule has 0 saturated heterocycles. The number of aliphatic carboxylic acids is 1. The molecule has 242 valence electrons. The molecule has 1 aliphatic rings. The van der Waals surface area contributed by atoms with E-state index in [1.165, 1.54) is 103 Å². The second-order valence-corrected chi connectivity index (χ2v) is 11.4. The number of ether oxygens (including phenoxy) is 2. The predicted molar refractivity (Wildman–Crippen MR) is 176 cm³/mol. The quantitative estimate of drug-likeness (QED) is 0.0566. The second kappa shape index (κ2) is 26.5. The van der Waals surface area contributed by atoms with Crippen LogP contribution in [0.3, 0.4) is 0 Å². The van der Waals surface area contributed by atoms with Crippen molar-refractivity contribution >= 4 is 34.9 Å². The van der Waals surface area contributed by atoms with Gasteiger partial charge in [0.15, 0.2) is 0 Å². The number of carbonyl (C=O) groups is 3. The van der Waals surface area contributed by atoms with Crippen LogP contribution in [0, 0.1) is 5.92 Å². The summed E-state index contributed by atoms with van der Waals surface area (Å²) in [5.74, 6) is -3.22. The van der Waals surface area contributed by atoms with Gasteiger partial charge in [-0.3, -0.25) is 9.59 Å². The number of rotatable bonds is 26. The lowest BCUT2D eigenvalue weighted by atomic mass is 10.0. The van der Waals surface area contributed by atoms with Gasteiger partial charge in [-0.05, 0) is 25.8 Å². The third-order valence-electron chi connectivity index (χ3n) is 7.63. The number of hydrogen-bond donors (Lipinski definition) is 1. The van der Waals surface area contributed by atoms with Crippen molar-refractivity contribution in [2.75, 3.05) is 26.3 Å². The lowest BCUT2D eigenvalue weighted by molar-refractivity contribution is -0.152. The van der Waals surface area contributed by atoms with Crippen LogP contribution in [0.4, 0.5) is 0 Å². The molecule has 8 heteroatoms. The molecule has 0 aromatic carbocycles. The summed E-state index contributed by atoms with van der Waals surface area (Å²) in [5.41, 5.74) is 1.18. The van der Waals surface area contributed by atoms with E-state index in [-0.39, 0.29) is 48.6 Å². The molecule has 1 heterocycles. The molecule has 42 heavy (non-hydrogen) atoms. The summed E-state index contributed by atoms with van der Waals surface area (Å²) < 4.78 is 10.4. The molecular formula is C34H58BrNO6. The molecule has 0 amide bonds. The molecule has 0 fully saturated rings. The average Bonchev–Trinajstić information content (AvgIpc) is 2.95. The van der Waals surface area contributed by atoms with Crippen molar-refractivity contribution in [3.63, 3.8) is 0 Å². The highest BCUT2D eigenvalue weighted by atomic mass is 79.9. The van der Waals surface area contributed by atoms with Crippen molar-refractivity contribution in [2.24, 2.45) is 5.92 Å². The largest absolute Gasteiger partial charge is 0.481 e. The zero-order chi connectivity index (χ0) is 30.1. The minimum atomic E-state index is -1.11. The maximum absolute atomic E-state index is 12.4. The standard InChI is InChI=1S/C34H57NO6.BrH/c1-4-5-6-7-8-9-10-11-12-13-14-15-16-17-18-20-24-35-25-21-19-22-31(35)28-41-32(36)27-30(33(37)38)23-26-40-34(39)29(2)3;/h19,21-22,30H,2,4-18,20,23-28H2,1,3H3,(H,37,38);1H. The maximum Gasteiger partial charge on any atom is 0.333 e. The number of esters is 2. The third-order valence-corrected chi connectivity index (χ3v) is 7.63. The van der Waals surface area contributed by atoms with Gasteiger partial charge in [0.2, 0.25) is 0 Å². The molecule has 1 atom stereocenters. The average molecular weight is 657 g/mol. The van der Waals surface area contributed by atoms with E-state index in [0.29, 0.717) is 0 Å². The SMILES string of the molecule is Br.C=C(C)C(=O)OCCC(CC(=O)OCC1=CC=CCN1CCCCCCCCCCCCCCCCCC)C(=O)O. The molecule has 1 N–H and O–H groups in total. The first-order valence-electron chi connectivity index (χ1n) is 16.2. The second-order valence-electron chi connectivity index (χ2n) is 11.4. The van der Waals surface area contributed by atoms with Crippen molar-refractivity contribution in [3.05, 3.63) is 36.1 Å². The van der Waals surface area contributed by atoms with Crippen LogP contribution in [-0.2, 0) is 23.9 Å². The van der Waals surface area contributed by atoms with Crippen molar-refractivity contribution < 1.29 is 29.0 Å². The van der Waals surface area contributed by atoms with Gasteiger partial charge < -0.3 is 19.5 Å². The molecule has 0 spiro atoms. The van der Waals surface area contributed by atoms with E-state index in [4.69, 9.17) is 9.47 Å². The maximum atomic E-state index is 12.4. The highest BCUT2D eigenvalue weighted by molar-refractivity contribution is 8.93. The van der Waals surface area contributed by atoms with Gasteiger partial charge >= 0.3 is 17.9 Å². The molecule has 7 nitrogen and oxygen atoms in total. The molecule has 0 radical (unpaired) electrons. The van der Waals surface area contributed by atoms with Crippen LogP contribution in [0.5, 0.6) is 0 Å². The van der Waals surface area contributed by atoms with Crippen molar-refractivity contribution in [2.45, 2.75) is 129 Å². The molecule has 0 aromatic heterocycles. The fourth-order valence-corrected chi connectivity index (χ4v) is 4.96. The Morgan fingerprint density at radius 2 is 1.40 bits per heavy atom. The van der Waals surface area contributed by atoms with E-state index in [1.807, 2.05) is 12.2 Å². The minimum Gasteiger partial charge on any atom is -0.481 e. The van der Waals surface area contributed by atoms with Gasteiger partial charge in [0.1, 0.15) is 6.61 Å². The highest BCUT2D eigenvalue weighted by Crippen LogP contribution is 2.17. The van der Waals surface area contributed by atoms with Gasteiger partial charge in [-0.1, -0.05) is 122 Å². The van der Waals surface area contributed by atoms with E-state index in [2.05, 4.69) is 24.5 Å². The number of carbonyl (C=O) groups excluding carboxylic acids is 2. The first kappa shape index (κ1) is 39.9. The third kappa shape index (κ3) is 20.7. The Balaban J connectivity index is 0.0000168. The Bertz CT molecular complexity index is 825. The number of carboxylic acids is 1. The van der Waals surface area contributed by atoms with E-state index in [1.54, 1.807) is 0 Å². The summed E-state index contributed by atoms with van der Waals surface area (Å²) in [6.45, 7) is 9.02. The molecule has 1 unspecified atom stereocenters. The van der Waals surface area contributed by atoms with Crippen molar-refractivity contribution in [3.8, 4) is 0 Å². The summed E-state index contributed by atoms with van der Waals surface area (Å²) in [4.78, 5) is 37.6. The van der Waals surface area contributed by atoms with E-state index >= 15 is 0 Å². The van der Waals surface area contributed by atoms with E-state index in [0.717, 1.165) is 25.2 Å². The summed E-state index contributed by atoms with van der Waals surface area (Å²) in [7, 11) is 0. The summed E-state index contributed by atoms with van der Waals surface area (Å²) in [6.07, 6.45) is 27.3. The highest BCUT2D eigenvalue weighted by Gasteiger charge is 2.23. The molecule has 1 aliphatic heterocycles. The summed E-state index contributed by atoms with van der Waals surface area (Å²) in [5, 5.41) is 9.43. The number of nitrogens with zero attached hydrogens (tertiary/aromatic N) is 1. The number of allylic oxidation sites excluding steroid dienone is 2. The van der Waals surface area contributed by atoms with Gasteiger partial charge in [-0.2, -0.15) is 0 Å². The van der Waals surface area contributed by atoms with Crippen LogP contribution in [0.15, 0.2) is 36.1 Å². The summed E-state index contributed by atoms with van der Waals surface area (Å²) in [6, 6.07) is 0. The zero-order valence-electron chi connectivity index (χ0n) is 26.4. The van der Waals surface area contributed by atoms with Crippen LogP contribution in [0.25, 0.3) is 0 Å².